The van der Waals surface area contributed by atoms with Crippen molar-refractivity contribution in [1.82, 2.24) is 25.0 Å². The molecule has 2 aliphatic rings. The number of likely N-dealkylation sites (tertiary alicyclic amines) is 1. The van der Waals surface area contributed by atoms with Gasteiger partial charge in [0.2, 0.25) is 5.91 Å². The normalized spacial score (nSPS) is 21.4. The Morgan fingerprint density at radius 3 is 2.61 bits per heavy atom. The lowest BCUT2D eigenvalue weighted by Crippen LogP contribution is -2.45. The Kier molecular flexibility index (Phi) is 5.65. The van der Waals surface area contributed by atoms with Crippen LogP contribution in [-0.4, -0.2) is 51.2 Å². The highest BCUT2D eigenvalue weighted by atomic mass is 16.1. The Labute approximate surface area is 138 Å². The summed E-state index contributed by atoms with van der Waals surface area (Å²) in [5, 5.41) is 7.12. The number of aryl methyl sites for hydroxylation is 1. The first-order valence-corrected chi connectivity index (χ1v) is 9.08. The number of piperidine rings is 1. The highest BCUT2D eigenvalue weighted by Crippen LogP contribution is 2.27. The van der Waals surface area contributed by atoms with E-state index in [1.807, 2.05) is 7.05 Å². The summed E-state index contributed by atoms with van der Waals surface area (Å²) in [5.41, 5.74) is 0. The van der Waals surface area contributed by atoms with E-state index in [1.54, 1.807) is 11.0 Å². The second kappa shape index (κ2) is 7.90. The van der Waals surface area contributed by atoms with Crippen LogP contribution in [0.4, 0.5) is 0 Å². The van der Waals surface area contributed by atoms with Gasteiger partial charge in [-0.15, -0.1) is 0 Å². The van der Waals surface area contributed by atoms with Crippen LogP contribution < -0.4 is 5.32 Å². The van der Waals surface area contributed by atoms with E-state index >= 15 is 0 Å². The Bertz CT molecular complexity index is 501. The van der Waals surface area contributed by atoms with Crippen LogP contribution in [0.3, 0.4) is 0 Å². The van der Waals surface area contributed by atoms with Crippen molar-refractivity contribution < 1.29 is 4.79 Å². The molecule has 2 heterocycles. The van der Waals surface area contributed by atoms with Gasteiger partial charge in [0.15, 0.2) is 0 Å². The highest BCUT2D eigenvalue weighted by molar-refractivity contribution is 5.78. The molecule has 1 amide bonds. The van der Waals surface area contributed by atoms with Crippen LogP contribution in [0.1, 0.15) is 50.8 Å². The zero-order valence-corrected chi connectivity index (χ0v) is 14.2. The van der Waals surface area contributed by atoms with Gasteiger partial charge in [-0.3, -0.25) is 9.48 Å². The Morgan fingerprint density at radius 2 is 1.96 bits per heavy atom. The first-order valence-electron chi connectivity index (χ1n) is 9.08. The molecule has 0 atom stereocenters. The average Bonchev–Trinajstić information content (AvgIpc) is 3.01. The van der Waals surface area contributed by atoms with E-state index in [0.717, 1.165) is 44.2 Å². The summed E-state index contributed by atoms with van der Waals surface area (Å²) in [7, 11) is 1.88. The molecule has 128 valence electrons. The minimum atomic E-state index is 0.189. The van der Waals surface area contributed by atoms with Gasteiger partial charge in [0.1, 0.15) is 12.2 Å². The van der Waals surface area contributed by atoms with Gasteiger partial charge in [-0.2, -0.15) is 5.10 Å². The van der Waals surface area contributed by atoms with Gasteiger partial charge in [-0.05, 0) is 38.8 Å². The number of carbonyl (C=O) groups is 1. The first kappa shape index (κ1) is 16.4. The topological polar surface area (TPSA) is 63.1 Å². The lowest BCUT2D eigenvalue weighted by atomic mass is 9.90. The van der Waals surface area contributed by atoms with Crippen LogP contribution in [0, 0.1) is 5.92 Å². The van der Waals surface area contributed by atoms with Crippen molar-refractivity contribution in [3.05, 3.63) is 12.2 Å². The summed E-state index contributed by atoms with van der Waals surface area (Å²) in [5.74, 6) is 1.32. The molecular formula is C17H29N5O. The molecule has 3 rings (SSSR count). The van der Waals surface area contributed by atoms with E-state index in [2.05, 4.69) is 20.3 Å². The third-order valence-corrected chi connectivity index (χ3v) is 5.44. The van der Waals surface area contributed by atoms with Crippen molar-refractivity contribution in [3.63, 3.8) is 0 Å². The number of nitrogens with one attached hydrogen (secondary N) is 1. The number of rotatable bonds is 5. The molecule has 1 saturated heterocycles. The van der Waals surface area contributed by atoms with E-state index in [-0.39, 0.29) is 11.8 Å². The molecule has 0 aromatic carbocycles. The van der Waals surface area contributed by atoms with Gasteiger partial charge >= 0.3 is 0 Å². The van der Waals surface area contributed by atoms with Crippen molar-refractivity contribution in [3.8, 4) is 0 Å². The fourth-order valence-electron chi connectivity index (χ4n) is 3.96. The average molecular weight is 319 g/mol. The molecule has 1 aliphatic carbocycles. The quantitative estimate of drug-likeness (QED) is 0.894. The van der Waals surface area contributed by atoms with Crippen molar-refractivity contribution in [2.45, 2.75) is 57.4 Å². The van der Waals surface area contributed by atoms with E-state index in [1.165, 1.54) is 32.1 Å². The smallest absolute Gasteiger partial charge is 0.223 e. The fourth-order valence-corrected chi connectivity index (χ4v) is 3.96. The molecule has 23 heavy (non-hydrogen) atoms. The molecule has 2 fully saturated rings. The molecular weight excluding hydrogens is 290 g/mol. The lowest BCUT2D eigenvalue weighted by molar-refractivity contribution is -0.126. The number of hydrogen-bond donors (Lipinski definition) is 1. The number of carbonyl (C=O) groups excluding carboxylic acids is 1. The summed E-state index contributed by atoms with van der Waals surface area (Å²) >= 11 is 0. The van der Waals surface area contributed by atoms with Gasteiger partial charge in [-0.1, -0.05) is 19.3 Å². The number of amides is 1. The molecule has 6 heteroatoms. The molecule has 1 N–H and O–H groups in total. The summed E-state index contributed by atoms with van der Waals surface area (Å²) < 4.78 is 1.76. The Hall–Kier alpha value is -1.43. The zero-order valence-electron chi connectivity index (χ0n) is 14.2. The molecule has 1 saturated carbocycles. The predicted octanol–water partition coefficient (Wildman–Crippen LogP) is 1.52. The number of hydrogen-bond acceptors (Lipinski definition) is 4. The molecule has 6 nitrogen and oxygen atoms in total. The third kappa shape index (κ3) is 4.31. The summed E-state index contributed by atoms with van der Waals surface area (Å²) in [6, 6.07) is 0.781. The Morgan fingerprint density at radius 1 is 1.22 bits per heavy atom. The SMILES string of the molecule is Cn1ncnc1CCNC(=O)C1CCN(C2CCCCC2)CC1. The lowest BCUT2D eigenvalue weighted by Gasteiger charge is -2.38. The van der Waals surface area contributed by atoms with Crippen molar-refractivity contribution >= 4 is 5.91 Å². The molecule has 1 aromatic rings. The first-order chi connectivity index (χ1) is 11.2. The summed E-state index contributed by atoms with van der Waals surface area (Å²) in [4.78, 5) is 19.1. The minimum Gasteiger partial charge on any atom is -0.355 e. The number of nitrogens with zero attached hydrogens (tertiary/aromatic N) is 4. The largest absolute Gasteiger partial charge is 0.355 e. The van der Waals surface area contributed by atoms with Crippen molar-refractivity contribution in [2.24, 2.45) is 13.0 Å². The third-order valence-electron chi connectivity index (χ3n) is 5.44. The molecule has 0 spiro atoms. The Balaban J connectivity index is 1.37. The van der Waals surface area contributed by atoms with Crippen LogP contribution in [0.15, 0.2) is 6.33 Å². The van der Waals surface area contributed by atoms with E-state index < -0.39 is 0 Å². The van der Waals surface area contributed by atoms with E-state index in [9.17, 15) is 4.79 Å². The van der Waals surface area contributed by atoms with Gasteiger partial charge in [0.05, 0.1) is 0 Å². The zero-order chi connectivity index (χ0) is 16.1. The molecule has 1 aliphatic heterocycles. The maximum absolute atomic E-state index is 12.3. The molecule has 0 unspecified atom stereocenters. The van der Waals surface area contributed by atoms with Crippen LogP contribution in [0.2, 0.25) is 0 Å². The maximum atomic E-state index is 12.3. The minimum absolute atomic E-state index is 0.189. The van der Waals surface area contributed by atoms with E-state index in [0.29, 0.717) is 6.54 Å². The monoisotopic (exact) mass is 319 g/mol. The molecule has 1 aromatic heterocycles. The van der Waals surface area contributed by atoms with Crippen molar-refractivity contribution in [1.29, 1.82) is 0 Å². The van der Waals surface area contributed by atoms with Gasteiger partial charge in [-0.25, -0.2) is 4.98 Å². The van der Waals surface area contributed by atoms with Gasteiger partial charge in [0, 0.05) is 32.0 Å². The van der Waals surface area contributed by atoms with Crippen LogP contribution >= 0.6 is 0 Å². The summed E-state index contributed by atoms with van der Waals surface area (Å²) in [6.07, 6.45) is 11.2. The van der Waals surface area contributed by atoms with Gasteiger partial charge < -0.3 is 10.2 Å². The van der Waals surface area contributed by atoms with Crippen LogP contribution in [-0.2, 0) is 18.3 Å². The standard InChI is InChI=1S/C17H29N5O/c1-21-16(19-13-20-21)7-10-18-17(23)14-8-11-22(12-9-14)15-5-3-2-4-6-15/h13-15H,2-12H2,1H3,(H,18,23). The number of aromatic nitrogens is 3. The second-order valence-corrected chi connectivity index (χ2v) is 6.94. The molecule has 0 radical (unpaired) electrons. The maximum Gasteiger partial charge on any atom is 0.223 e. The highest BCUT2D eigenvalue weighted by Gasteiger charge is 2.29. The van der Waals surface area contributed by atoms with E-state index in [4.69, 9.17) is 0 Å². The van der Waals surface area contributed by atoms with Crippen LogP contribution in [0.25, 0.3) is 0 Å². The molecule has 0 bridgehead atoms. The van der Waals surface area contributed by atoms with Gasteiger partial charge in [0.25, 0.3) is 0 Å². The van der Waals surface area contributed by atoms with Crippen LogP contribution in [0.5, 0.6) is 0 Å². The predicted molar refractivity (Wildman–Crippen MR) is 88.9 cm³/mol. The van der Waals surface area contributed by atoms with Crippen molar-refractivity contribution in [2.75, 3.05) is 19.6 Å². The summed E-state index contributed by atoms with van der Waals surface area (Å²) in [6.45, 7) is 2.83. The second-order valence-electron chi connectivity index (χ2n) is 6.94. The fraction of sp³-hybridized carbons (Fsp3) is 0.824.